The van der Waals surface area contributed by atoms with Crippen molar-refractivity contribution in [3.8, 4) is 0 Å². The van der Waals surface area contributed by atoms with Gasteiger partial charge in [0, 0.05) is 35.6 Å². The van der Waals surface area contributed by atoms with Gasteiger partial charge >= 0.3 is 0 Å². The molecule has 4 rings (SSSR count). The SMILES string of the molecule is C=CCC(O)[C@@H]1C=C2c3cccc4[nH]cc(c34)C[C@H]2N(C)C1. The molecule has 2 heterocycles. The fraction of sp³-hybridized carbons (Fsp3) is 0.368. The van der Waals surface area contributed by atoms with Gasteiger partial charge in [-0.15, -0.1) is 6.58 Å². The first-order valence-corrected chi connectivity index (χ1v) is 7.99. The van der Waals surface area contributed by atoms with Crippen LogP contribution in [0.4, 0.5) is 0 Å². The van der Waals surface area contributed by atoms with Gasteiger partial charge in [0.2, 0.25) is 0 Å². The van der Waals surface area contributed by atoms with Gasteiger partial charge in [-0.05, 0) is 42.7 Å². The molecule has 2 N–H and O–H groups in total. The highest BCUT2D eigenvalue weighted by Gasteiger charge is 2.35. The van der Waals surface area contributed by atoms with Gasteiger partial charge in [-0.3, -0.25) is 4.90 Å². The summed E-state index contributed by atoms with van der Waals surface area (Å²) in [7, 11) is 2.17. The van der Waals surface area contributed by atoms with E-state index in [0.29, 0.717) is 12.5 Å². The van der Waals surface area contributed by atoms with Gasteiger partial charge in [0.1, 0.15) is 0 Å². The van der Waals surface area contributed by atoms with E-state index in [9.17, 15) is 5.11 Å². The van der Waals surface area contributed by atoms with Crippen LogP contribution in [-0.4, -0.2) is 40.7 Å². The third-order valence-electron chi connectivity index (χ3n) is 5.20. The number of aromatic nitrogens is 1. The summed E-state index contributed by atoms with van der Waals surface area (Å²) < 4.78 is 0. The summed E-state index contributed by atoms with van der Waals surface area (Å²) in [5.41, 5.74) is 5.32. The molecule has 1 aromatic heterocycles. The Morgan fingerprint density at radius 2 is 2.36 bits per heavy atom. The molecule has 0 radical (unpaired) electrons. The lowest BCUT2D eigenvalue weighted by Crippen LogP contribution is -2.45. The second-order valence-electron chi connectivity index (χ2n) is 6.58. The summed E-state index contributed by atoms with van der Waals surface area (Å²) >= 11 is 0. The number of rotatable bonds is 3. The number of nitrogens with one attached hydrogen (secondary N) is 1. The van der Waals surface area contributed by atoms with Crippen LogP contribution in [0.2, 0.25) is 0 Å². The molecule has 2 aromatic rings. The monoisotopic (exact) mass is 294 g/mol. The lowest BCUT2D eigenvalue weighted by molar-refractivity contribution is 0.0995. The number of hydrogen-bond acceptors (Lipinski definition) is 2. The minimum atomic E-state index is -0.347. The summed E-state index contributed by atoms with van der Waals surface area (Å²) in [6, 6.07) is 6.89. The Labute approximate surface area is 130 Å². The van der Waals surface area contributed by atoms with Crippen LogP contribution in [-0.2, 0) is 6.42 Å². The van der Waals surface area contributed by atoms with Crippen molar-refractivity contribution in [3.05, 3.63) is 54.3 Å². The van der Waals surface area contributed by atoms with Crippen molar-refractivity contribution >= 4 is 16.5 Å². The number of H-pyrrole nitrogens is 1. The Hall–Kier alpha value is -1.84. The molecule has 0 amide bonds. The molecule has 2 aliphatic rings. The number of fused-ring (bicyclic) bond motifs is 2. The number of aromatic amines is 1. The van der Waals surface area contributed by atoms with Crippen molar-refractivity contribution in [2.24, 2.45) is 5.92 Å². The van der Waals surface area contributed by atoms with Gasteiger partial charge < -0.3 is 10.1 Å². The van der Waals surface area contributed by atoms with E-state index in [-0.39, 0.29) is 12.0 Å². The number of likely N-dealkylation sites (N-methyl/N-ethyl adjacent to an activating group) is 1. The summed E-state index contributed by atoms with van der Waals surface area (Å²) in [6.45, 7) is 4.65. The van der Waals surface area contributed by atoms with Crippen LogP contribution in [0.5, 0.6) is 0 Å². The van der Waals surface area contributed by atoms with Crippen molar-refractivity contribution in [2.75, 3.05) is 13.6 Å². The maximum Gasteiger partial charge on any atom is 0.0649 e. The fourth-order valence-electron chi connectivity index (χ4n) is 4.07. The Bertz CT molecular complexity index is 758. The van der Waals surface area contributed by atoms with Crippen molar-refractivity contribution in [3.63, 3.8) is 0 Å². The third kappa shape index (κ3) is 1.97. The molecule has 1 aliphatic carbocycles. The molecular weight excluding hydrogens is 272 g/mol. The molecule has 114 valence electrons. The van der Waals surface area contributed by atoms with E-state index in [1.165, 1.54) is 27.6 Å². The average Bonchev–Trinajstić information content (AvgIpc) is 2.93. The van der Waals surface area contributed by atoms with Crippen LogP contribution in [0.1, 0.15) is 17.5 Å². The van der Waals surface area contributed by atoms with Gasteiger partial charge in [0.15, 0.2) is 0 Å². The second kappa shape index (κ2) is 5.11. The molecule has 1 aliphatic heterocycles. The normalized spacial score (nSPS) is 25.6. The van der Waals surface area contributed by atoms with Gasteiger partial charge in [0.25, 0.3) is 0 Å². The molecule has 0 bridgehead atoms. The highest BCUT2D eigenvalue weighted by atomic mass is 16.3. The fourth-order valence-corrected chi connectivity index (χ4v) is 4.07. The molecule has 3 atom stereocenters. The number of aliphatic hydroxyl groups is 1. The van der Waals surface area contributed by atoms with E-state index in [1.807, 2.05) is 0 Å². The Morgan fingerprint density at radius 3 is 3.18 bits per heavy atom. The zero-order valence-corrected chi connectivity index (χ0v) is 12.9. The summed E-state index contributed by atoms with van der Waals surface area (Å²) in [6.07, 6.45) is 7.61. The van der Waals surface area contributed by atoms with E-state index < -0.39 is 0 Å². The first-order valence-electron chi connectivity index (χ1n) is 7.99. The summed E-state index contributed by atoms with van der Waals surface area (Å²) in [5.74, 6) is 0.171. The van der Waals surface area contributed by atoms with Crippen LogP contribution < -0.4 is 0 Å². The van der Waals surface area contributed by atoms with E-state index in [1.54, 1.807) is 6.08 Å². The van der Waals surface area contributed by atoms with Gasteiger partial charge in [0.05, 0.1) is 6.10 Å². The second-order valence-corrected chi connectivity index (χ2v) is 6.58. The number of nitrogens with zero attached hydrogens (tertiary/aromatic N) is 1. The number of benzene rings is 1. The van der Waals surface area contributed by atoms with Crippen LogP contribution in [0.25, 0.3) is 16.5 Å². The molecule has 1 unspecified atom stereocenters. The topological polar surface area (TPSA) is 39.3 Å². The van der Waals surface area contributed by atoms with Crippen molar-refractivity contribution in [1.29, 1.82) is 0 Å². The molecule has 0 fully saturated rings. The van der Waals surface area contributed by atoms with E-state index >= 15 is 0 Å². The van der Waals surface area contributed by atoms with Crippen molar-refractivity contribution in [2.45, 2.75) is 25.0 Å². The lowest BCUT2D eigenvalue weighted by atomic mass is 9.78. The number of hydrogen-bond donors (Lipinski definition) is 2. The Morgan fingerprint density at radius 1 is 1.50 bits per heavy atom. The third-order valence-corrected chi connectivity index (χ3v) is 5.20. The standard InChI is InChI=1S/C19H22N2O/c1-3-5-18(22)13-8-15-14-6-4-7-16-19(14)12(10-20-16)9-17(15)21(2)11-13/h3-4,6-8,10,13,17-18,20,22H,1,5,9,11H2,2H3/t13-,17-,18?/m1/s1. The average molecular weight is 294 g/mol. The van der Waals surface area contributed by atoms with E-state index in [0.717, 1.165) is 13.0 Å². The lowest BCUT2D eigenvalue weighted by Gasteiger charge is -2.41. The molecule has 1 aromatic carbocycles. The van der Waals surface area contributed by atoms with Gasteiger partial charge in [-0.25, -0.2) is 0 Å². The zero-order valence-electron chi connectivity index (χ0n) is 12.9. The van der Waals surface area contributed by atoms with E-state index in [2.05, 4.69) is 54.0 Å². The molecule has 0 saturated carbocycles. The van der Waals surface area contributed by atoms with Crippen LogP contribution >= 0.6 is 0 Å². The van der Waals surface area contributed by atoms with E-state index in [4.69, 9.17) is 0 Å². The van der Waals surface area contributed by atoms with Crippen molar-refractivity contribution < 1.29 is 5.11 Å². The zero-order chi connectivity index (χ0) is 15.3. The highest BCUT2D eigenvalue weighted by molar-refractivity contribution is 5.98. The smallest absolute Gasteiger partial charge is 0.0649 e. The molecule has 3 heteroatoms. The predicted molar refractivity (Wildman–Crippen MR) is 90.7 cm³/mol. The van der Waals surface area contributed by atoms with Crippen LogP contribution in [0.3, 0.4) is 0 Å². The molecule has 0 saturated heterocycles. The summed E-state index contributed by atoms with van der Waals surface area (Å²) in [4.78, 5) is 5.78. The maximum absolute atomic E-state index is 10.4. The van der Waals surface area contributed by atoms with Crippen molar-refractivity contribution in [1.82, 2.24) is 9.88 Å². The largest absolute Gasteiger partial charge is 0.392 e. The van der Waals surface area contributed by atoms with Gasteiger partial charge in [-0.2, -0.15) is 0 Å². The Balaban J connectivity index is 1.84. The predicted octanol–water partition coefficient (Wildman–Crippen LogP) is 2.97. The molecular formula is C19H22N2O. The first kappa shape index (κ1) is 13.8. The minimum absolute atomic E-state index is 0.171. The molecule has 22 heavy (non-hydrogen) atoms. The summed E-state index contributed by atoms with van der Waals surface area (Å²) in [5, 5.41) is 11.7. The maximum atomic E-state index is 10.4. The van der Waals surface area contributed by atoms with Crippen LogP contribution in [0.15, 0.2) is 43.1 Å². The first-order chi connectivity index (χ1) is 10.7. The Kier molecular flexibility index (Phi) is 3.21. The molecule has 3 nitrogen and oxygen atoms in total. The minimum Gasteiger partial charge on any atom is -0.392 e. The van der Waals surface area contributed by atoms with Crippen LogP contribution in [0, 0.1) is 5.92 Å². The number of aliphatic hydroxyl groups excluding tert-OH is 1. The molecule has 0 spiro atoms. The quantitative estimate of drug-likeness (QED) is 0.854. The highest BCUT2D eigenvalue weighted by Crippen LogP contribution is 2.41. The van der Waals surface area contributed by atoms with Gasteiger partial charge in [-0.1, -0.05) is 24.3 Å².